The van der Waals surface area contributed by atoms with Crippen molar-refractivity contribution in [3.05, 3.63) is 12.4 Å². The second-order valence-electron chi connectivity index (χ2n) is 7.01. The Kier molecular flexibility index (Phi) is 5.27. The van der Waals surface area contributed by atoms with Gasteiger partial charge < -0.3 is 15.1 Å². The second-order valence-corrected chi connectivity index (χ2v) is 7.01. The fourth-order valence-electron chi connectivity index (χ4n) is 3.23. The molecule has 0 spiro atoms. The van der Waals surface area contributed by atoms with Gasteiger partial charge in [0.05, 0.1) is 11.9 Å². The molecule has 0 aromatic carbocycles. The van der Waals surface area contributed by atoms with Crippen molar-refractivity contribution in [2.75, 3.05) is 45.2 Å². The number of hydrogen-bond donors (Lipinski definition) is 1. The van der Waals surface area contributed by atoms with Gasteiger partial charge in [-0.2, -0.15) is 5.10 Å². The maximum absolute atomic E-state index is 12.5. The maximum atomic E-state index is 12.5. The average molecular weight is 347 g/mol. The summed E-state index contributed by atoms with van der Waals surface area (Å²) in [5.41, 5.74) is 0.856. The standard InChI is InChI=1S/C17H29N7O/c1-13(22(4)14-5-6-14)9-19-17(18-2)23-7-8-24(16(25)12-23)15-10-20-21(3)11-15/h10-11,13-14H,5-9,12H2,1-4H3,(H,18,19). The summed E-state index contributed by atoms with van der Waals surface area (Å²) in [6.07, 6.45) is 6.22. The number of aryl methyl sites for hydroxylation is 1. The average Bonchev–Trinajstić information content (AvgIpc) is 3.36. The van der Waals surface area contributed by atoms with E-state index < -0.39 is 0 Å². The minimum atomic E-state index is 0.0744. The number of anilines is 1. The molecule has 8 nitrogen and oxygen atoms in total. The molecule has 138 valence electrons. The van der Waals surface area contributed by atoms with Crippen LogP contribution in [-0.2, 0) is 11.8 Å². The Balaban J connectivity index is 1.53. The van der Waals surface area contributed by atoms with Crippen molar-refractivity contribution in [3.8, 4) is 0 Å². The van der Waals surface area contributed by atoms with Gasteiger partial charge in [0, 0.05) is 52.0 Å². The molecular weight excluding hydrogens is 318 g/mol. The number of carbonyl (C=O) groups is 1. The SMILES string of the molecule is CN=C(NCC(C)N(C)C1CC1)N1CCN(c2cnn(C)c2)C(=O)C1. The summed E-state index contributed by atoms with van der Waals surface area (Å²) in [5.74, 6) is 0.876. The number of hydrogen-bond acceptors (Lipinski definition) is 4. The number of rotatable bonds is 5. The number of aliphatic imine (C=N–C) groups is 1. The van der Waals surface area contributed by atoms with Gasteiger partial charge in [-0.15, -0.1) is 0 Å². The molecule has 1 aliphatic heterocycles. The second kappa shape index (κ2) is 7.43. The van der Waals surface area contributed by atoms with Crippen molar-refractivity contribution in [2.45, 2.75) is 31.8 Å². The van der Waals surface area contributed by atoms with Crippen LogP contribution in [0.4, 0.5) is 5.69 Å². The number of piperazine rings is 1. The lowest BCUT2D eigenvalue weighted by Crippen LogP contribution is -2.56. The van der Waals surface area contributed by atoms with E-state index >= 15 is 0 Å². The number of aromatic nitrogens is 2. The van der Waals surface area contributed by atoms with Crippen molar-refractivity contribution in [1.29, 1.82) is 0 Å². The van der Waals surface area contributed by atoms with Crippen molar-refractivity contribution < 1.29 is 4.79 Å². The van der Waals surface area contributed by atoms with Gasteiger partial charge in [-0.05, 0) is 26.8 Å². The van der Waals surface area contributed by atoms with Crippen LogP contribution in [0, 0.1) is 0 Å². The smallest absolute Gasteiger partial charge is 0.246 e. The summed E-state index contributed by atoms with van der Waals surface area (Å²) in [6, 6.07) is 1.18. The van der Waals surface area contributed by atoms with Crippen LogP contribution in [0.15, 0.2) is 17.4 Å². The van der Waals surface area contributed by atoms with Gasteiger partial charge in [0.15, 0.2) is 5.96 Å². The lowest BCUT2D eigenvalue weighted by atomic mass is 10.2. The van der Waals surface area contributed by atoms with E-state index in [0.717, 1.165) is 30.8 Å². The zero-order valence-corrected chi connectivity index (χ0v) is 15.6. The first-order chi connectivity index (χ1) is 12.0. The van der Waals surface area contributed by atoms with Gasteiger partial charge in [0.1, 0.15) is 6.54 Å². The molecule has 1 saturated heterocycles. The normalized spacial score (nSPS) is 20.4. The number of likely N-dealkylation sites (N-methyl/N-ethyl adjacent to an activating group) is 1. The zero-order chi connectivity index (χ0) is 18.0. The molecule has 0 bridgehead atoms. The summed E-state index contributed by atoms with van der Waals surface area (Å²) in [4.78, 5) is 23.1. The summed E-state index contributed by atoms with van der Waals surface area (Å²) in [7, 11) is 5.81. The Labute approximate surface area is 149 Å². The van der Waals surface area contributed by atoms with Gasteiger partial charge in [-0.1, -0.05) is 0 Å². The number of nitrogens with zero attached hydrogens (tertiary/aromatic N) is 6. The van der Waals surface area contributed by atoms with Crippen LogP contribution >= 0.6 is 0 Å². The van der Waals surface area contributed by atoms with Crippen LogP contribution in [0.5, 0.6) is 0 Å². The monoisotopic (exact) mass is 347 g/mol. The van der Waals surface area contributed by atoms with Crippen LogP contribution in [0.1, 0.15) is 19.8 Å². The Morgan fingerprint density at radius 3 is 2.80 bits per heavy atom. The minimum absolute atomic E-state index is 0.0744. The quantitative estimate of drug-likeness (QED) is 0.606. The fraction of sp³-hybridized carbons (Fsp3) is 0.706. The third kappa shape index (κ3) is 4.12. The number of guanidine groups is 1. The molecule has 1 aliphatic carbocycles. The first-order valence-electron chi connectivity index (χ1n) is 8.96. The van der Waals surface area contributed by atoms with Crippen LogP contribution in [0.3, 0.4) is 0 Å². The highest BCUT2D eigenvalue weighted by Gasteiger charge is 2.30. The molecule has 25 heavy (non-hydrogen) atoms. The van der Waals surface area contributed by atoms with Crippen LogP contribution in [0.25, 0.3) is 0 Å². The molecule has 1 aromatic heterocycles. The van der Waals surface area contributed by atoms with Gasteiger partial charge in [0.2, 0.25) is 5.91 Å². The van der Waals surface area contributed by atoms with Gasteiger partial charge in [0.25, 0.3) is 0 Å². The highest BCUT2D eigenvalue weighted by molar-refractivity contribution is 5.98. The highest BCUT2D eigenvalue weighted by Crippen LogP contribution is 2.26. The van der Waals surface area contributed by atoms with E-state index in [-0.39, 0.29) is 5.91 Å². The van der Waals surface area contributed by atoms with E-state index in [2.05, 4.69) is 34.3 Å². The first kappa shape index (κ1) is 17.7. The zero-order valence-electron chi connectivity index (χ0n) is 15.6. The maximum Gasteiger partial charge on any atom is 0.246 e. The Bertz CT molecular complexity index is 637. The number of carbonyl (C=O) groups excluding carboxylic acids is 1. The van der Waals surface area contributed by atoms with Crippen LogP contribution in [-0.4, -0.2) is 83.8 Å². The summed E-state index contributed by atoms with van der Waals surface area (Å²) in [6.45, 7) is 4.79. The van der Waals surface area contributed by atoms with E-state index in [1.165, 1.54) is 12.8 Å². The van der Waals surface area contributed by atoms with Gasteiger partial charge in [-0.3, -0.25) is 19.4 Å². The topological polar surface area (TPSA) is 69.0 Å². The third-order valence-corrected chi connectivity index (χ3v) is 5.11. The van der Waals surface area contributed by atoms with Gasteiger partial charge >= 0.3 is 0 Å². The molecule has 1 atom stereocenters. The summed E-state index contributed by atoms with van der Waals surface area (Å²) >= 11 is 0. The molecule has 1 N–H and O–H groups in total. The molecular formula is C17H29N7O. The summed E-state index contributed by atoms with van der Waals surface area (Å²) < 4.78 is 1.72. The molecule has 8 heteroatoms. The van der Waals surface area contributed by atoms with Crippen molar-refractivity contribution in [1.82, 2.24) is 24.9 Å². The lowest BCUT2D eigenvalue weighted by molar-refractivity contribution is -0.120. The van der Waals surface area contributed by atoms with Crippen molar-refractivity contribution in [3.63, 3.8) is 0 Å². The largest absolute Gasteiger partial charge is 0.355 e. The molecule has 3 rings (SSSR count). The van der Waals surface area contributed by atoms with E-state index in [0.29, 0.717) is 19.1 Å². The third-order valence-electron chi connectivity index (χ3n) is 5.11. The van der Waals surface area contributed by atoms with Crippen LogP contribution < -0.4 is 10.2 Å². The number of nitrogens with one attached hydrogen (secondary N) is 1. The number of amides is 1. The molecule has 2 aliphatic rings. The van der Waals surface area contributed by atoms with Crippen molar-refractivity contribution >= 4 is 17.6 Å². The van der Waals surface area contributed by atoms with Crippen molar-refractivity contribution in [2.24, 2.45) is 12.0 Å². The molecule has 0 radical (unpaired) electrons. The molecule has 1 aromatic rings. The minimum Gasteiger partial charge on any atom is -0.355 e. The Morgan fingerprint density at radius 1 is 1.48 bits per heavy atom. The molecule has 1 unspecified atom stereocenters. The molecule has 1 saturated carbocycles. The Morgan fingerprint density at radius 2 is 2.24 bits per heavy atom. The predicted octanol–water partition coefficient (Wildman–Crippen LogP) is 0.127. The van der Waals surface area contributed by atoms with E-state index in [1.54, 1.807) is 22.8 Å². The molecule has 2 heterocycles. The fourth-order valence-corrected chi connectivity index (χ4v) is 3.23. The Hall–Kier alpha value is -2.09. The van der Waals surface area contributed by atoms with Crippen LogP contribution in [0.2, 0.25) is 0 Å². The molecule has 2 fully saturated rings. The van der Waals surface area contributed by atoms with E-state index in [9.17, 15) is 4.79 Å². The first-order valence-corrected chi connectivity index (χ1v) is 8.96. The summed E-state index contributed by atoms with van der Waals surface area (Å²) in [5, 5.41) is 7.58. The van der Waals surface area contributed by atoms with E-state index in [4.69, 9.17) is 0 Å². The van der Waals surface area contributed by atoms with E-state index in [1.807, 2.05) is 18.1 Å². The predicted molar refractivity (Wildman–Crippen MR) is 98.7 cm³/mol. The lowest BCUT2D eigenvalue weighted by Gasteiger charge is -2.36. The van der Waals surface area contributed by atoms with Gasteiger partial charge in [-0.25, -0.2) is 0 Å². The molecule has 1 amide bonds. The highest BCUT2D eigenvalue weighted by atomic mass is 16.2.